The summed E-state index contributed by atoms with van der Waals surface area (Å²) in [6.07, 6.45) is 1.87. The molecule has 0 bridgehead atoms. The van der Waals surface area contributed by atoms with Gasteiger partial charge >= 0.3 is 0 Å². The van der Waals surface area contributed by atoms with Crippen LogP contribution in [-0.4, -0.2) is 32.3 Å². The minimum absolute atomic E-state index is 0.0686. The zero-order chi connectivity index (χ0) is 19.3. The Kier molecular flexibility index (Phi) is 4.97. The Balaban J connectivity index is 1.40. The lowest BCUT2D eigenvalue weighted by Gasteiger charge is -2.08. The minimum Gasteiger partial charge on any atom is -0.494 e. The Morgan fingerprint density at radius 1 is 1.04 bits per heavy atom. The maximum Gasteiger partial charge on any atom is 0.228 e. The van der Waals surface area contributed by atoms with Crippen LogP contribution in [0.15, 0.2) is 67.0 Å². The van der Waals surface area contributed by atoms with Gasteiger partial charge in [-0.05, 0) is 48.9 Å². The molecular formula is C21H19N5O2. The molecule has 0 aliphatic rings. The molecule has 1 amide bonds. The SMILES string of the molecule is CCOc1ccc(CC(=O)Nc2ccc(-c3ccc4nncn4n3)cc2)cc1. The van der Waals surface area contributed by atoms with Crippen molar-refractivity contribution in [1.82, 2.24) is 19.8 Å². The van der Waals surface area contributed by atoms with E-state index in [0.717, 1.165) is 28.3 Å². The average Bonchev–Trinajstić information content (AvgIpc) is 3.18. The summed E-state index contributed by atoms with van der Waals surface area (Å²) in [5.74, 6) is 0.737. The summed E-state index contributed by atoms with van der Waals surface area (Å²) in [5, 5.41) is 15.2. The molecule has 4 aromatic rings. The third-order valence-electron chi connectivity index (χ3n) is 4.23. The number of fused-ring (bicyclic) bond motifs is 1. The van der Waals surface area contributed by atoms with Crippen molar-refractivity contribution in [3.63, 3.8) is 0 Å². The van der Waals surface area contributed by atoms with E-state index in [1.807, 2.05) is 67.6 Å². The van der Waals surface area contributed by atoms with Crippen LogP contribution >= 0.6 is 0 Å². The highest BCUT2D eigenvalue weighted by molar-refractivity contribution is 5.92. The fraction of sp³-hybridized carbons (Fsp3) is 0.143. The monoisotopic (exact) mass is 373 g/mol. The van der Waals surface area contributed by atoms with E-state index in [4.69, 9.17) is 4.74 Å². The Labute approximate surface area is 162 Å². The fourth-order valence-electron chi connectivity index (χ4n) is 2.87. The van der Waals surface area contributed by atoms with Crippen LogP contribution in [0.2, 0.25) is 0 Å². The molecule has 0 aliphatic heterocycles. The molecule has 0 radical (unpaired) electrons. The predicted molar refractivity (Wildman–Crippen MR) is 106 cm³/mol. The predicted octanol–water partition coefficient (Wildman–Crippen LogP) is 3.37. The first kappa shape index (κ1) is 17.7. The van der Waals surface area contributed by atoms with E-state index < -0.39 is 0 Å². The maximum absolute atomic E-state index is 12.3. The summed E-state index contributed by atoms with van der Waals surface area (Å²) in [5.41, 5.74) is 4.12. The molecule has 7 heteroatoms. The number of benzene rings is 2. The van der Waals surface area contributed by atoms with E-state index in [1.165, 1.54) is 0 Å². The third kappa shape index (κ3) is 3.98. The summed E-state index contributed by atoms with van der Waals surface area (Å²) in [4.78, 5) is 12.3. The second-order valence-corrected chi connectivity index (χ2v) is 6.23. The zero-order valence-electron chi connectivity index (χ0n) is 15.4. The highest BCUT2D eigenvalue weighted by atomic mass is 16.5. The van der Waals surface area contributed by atoms with Crippen molar-refractivity contribution in [3.8, 4) is 17.0 Å². The molecule has 2 aromatic carbocycles. The smallest absolute Gasteiger partial charge is 0.228 e. The molecular weight excluding hydrogens is 354 g/mol. The van der Waals surface area contributed by atoms with Gasteiger partial charge in [-0.3, -0.25) is 4.79 Å². The van der Waals surface area contributed by atoms with Crippen LogP contribution in [0.4, 0.5) is 5.69 Å². The molecule has 0 aliphatic carbocycles. The number of nitrogens with one attached hydrogen (secondary N) is 1. The Hall–Kier alpha value is -3.74. The van der Waals surface area contributed by atoms with E-state index in [1.54, 1.807) is 10.8 Å². The number of nitrogens with zero attached hydrogens (tertiary/aromatic N) is 4. The quantitative estimate of drug-likeness (QED) is 0.560. The third-order valence-corrected chi connectivity index (χ3v) is 4.23. The molecule has 7 nitrogen and oxygen atoms in total. The van der Waals surface area contributed by atoms with E-state index in [9.17, 15) is 4.79 Å². The van der Waals surface area contributed by atoms with Gasteiger partial charge in [0, 0.05) is 11.3 Å². The van der Waals surface area contributed by atoms with Crippen LogP contribution in [0.1, 0.15) is 12.5 Å². The van der Waals surface area contributed by atoms with Gasteiger partial charge in [0.15, 0.2) is 5.65 Å². The molecule has 0 spiro atoms. The van der Waals surface area contributed by atoms with Crippen LogP contribution in [0.25, 0.3) is 16.9 Å². The second kappa shape index (κ2) is 7.87. The number of hydrogen-bond donors (Lipinski definition) is 1. The van der Waals surface area contributed by atoms with Crippen LogP contribution in [0.5, 0.6) is 5.75 Å². The number of amides is 1. The maximum atomic E-state index is 12.3. The molecule has 0 unspecified atom stereocenters. The molecule has 0 saturated carbocycles. The number of hydrogen-bond acceptors (Lipinski definition) is 5. The van der Waals surface area contributed by atoms with Crippen molar-refractivity contribution < 1.29 is 9.53 Å². The highest BCUT2D eigenvalue weighted by Gasteiger charge is 2.06. The molecule has 28 heavy (non-hydrogen) atoms. The van der Waals surface area contributed by atoms with Gasteiger partial charge in [0.2, 0.25) is 5.91 Å². The van der Waals surface area contributed by atoms with E-state index in [0.29, 0.717) is 18.7 Å². The largest absolute Gasteiger partial charge is 0.494 e. The summed E-state index contributed by atoms with van der Waals surface area (Å²) in [6.45, 7) is 2.56. The van der Waals surface area contributed by atoms with Crippen molar-refractivity contribution in [3.05, 3.63) is 72.6 Å². The molecule has 4 rings (SSSR count). The number of anilines is 1. The van der Waals surface area contributed by atoms with E-state index in [2.05, 4.69) is 20.6 Å². The minimum atomic E-state index is -0.0686. The van der Waals surface area contributed by atoms with Gasteiger partial charge in [0.05, 0.1) is 18.7 Å². The van der Waals surface area contributed by atoms with Crippen LogP contribution in [0, 0.1) is 0 Å². The highest BCUT2D eigenvalue weighted by Crippen LogP contribution is 2.20. The fourth-order valence-corrected chi connectivity index (χ4v) is 2.87. The first-order valence-corrected chi connectivity index (χ1v) is 9.00. The number of carbonyl (C=O) groups is 1. The van der Waals surface area contributed by atoms with Crippen LogP contribution in [0.3, 0.4) is 0 Å². The van der Waals surface area contributed by atoms with Gasteiger partial charge < -0.3 is 10.1 Å². The average molecular weight is 373 g/mol. The van der Waals surface area contributed by atoms with Gasteiger partial charge in [-0.2, -0.15) is 9.61 Å². The first-order valence-electron chi connectivity index (χ1n) is 9.00. The molecule has 1 N–H and O–H groups in total. The van der Waals surface area contributed by atoms with E-state index in [-0.39, 0.29) is 5.91 Å². The Morgan fingerprint density at radius 3 is 2.57 bits per heavy atom. The van der Waals surface area contributed by atoms with Crippen molar-refractivity contribution in [2.24, 2.45) is 0 Å². The molecule has 140 valence electrons. The van der Waals surface area contributed by atoms with Crippen LogP contribution < -0.4 is 10.1 Å². The van der Waals surface area contributed by atoms with Crippen molar-refractivity contribution in [1.29, 1.82) is 0 Å². The van der Waals surface area contributed by atoms with Gasteiger partial charge in [-0.1, -0.05) is 24.3 Å². The normalized spacial score (nSPS) is 10.8. The summed E-state index contributed by atoms with van der Waals surface area (Å²) >= 11 is 0. The van der Waals surface area contributed by atoms with Gasteiger partial charge in [0.1, 0.15) is 12.1 Å². The molecule has 2 heterocycles. The number of carbonyl (C=O) groups excluding carboxylic acids is 1. The molecule has 2 aromatic heterocycles. The summed E-state index contributed by atoms with van der Waals surface area (Å²) < 4.78 is 7.04. The number of rotatable bonds is 6. The Morgan fingerprint density at radius 2 is 1.82 bits per heavy atom. The number of ether oxygens (including phenoxy) is 1. The van der Waals surface area contributed by atoms with Crippen LogP contribution in [-0.2, 0) is 11.2 Å². The van der Waals surface area contributed by atoms with Crippen molar-refractivity contribution in [2.45, 2.75) is 13.3 Å². The first-order chi connectivity index (χ1) is 13.7. The van der Waals surface area contributed by atoms with Gasteiger partial charge in [-0.25, -0.2) is 0 Å². The molecule has 0 atom stereocenters. The lowest BCUT2D eigenvalue weighted by molar-refractivity contribution is -0.115. The second-order valence-electron chi connectivity index (χ2n) is 6.23. The van der Waals surface area contributed by atoms with E-state index >= 15 is 0 Å². The molecule has 0 saturated heterocycles. The summed E-state index contributed by atoms with van der Waals surface area (Å²) in [6, 6.07) is 18.9. The number of aromatic nitrogens is 4. The van der Waals surface area contributed by atoms with Crippen molar-refractivity contribution in [2.75, 3.05) is 11.9 Å². The molecule has 0 fully saturated rings. The van der Waals surface area contributed by atoms with Gasteiger partial charge in [0.25, 0.3) is 0 Å². The lowest BCUT2D eigenvalue weighted by atomic mass is 10.1. The standard InChI is InChI=1S/C21H19N5O2/c1-2-28-18-9-3-15(4-10-18)13-21(27)23-17-7-5-16(6-8-17)19-11-12-20-24-22-14-26(20)25-19/h3-12,14H,2,13H2,1H3,(H,23,27). The lowest BCUT2D eigenvalue weighted by Crippen LogP contribution is -2.14. The summed E-state index contributed by atoms with van der Waals surface area (Å²) in [7, 11) is 0. The Bertz CT molecular complexity index is 1090. The van der Waals surface area contributed by atoms with Crippen molar-refractivity contribution >= 4 is 17.2 Å². The van der Waals surface area contributed by atoms with Gasteiger partial charge in [-0.15, -0.1) is 10.2 Å². The zero-order valence-corrected chi connectivity index (χ0v) is 15.4. The topological polar surface area (TPSA) is 81.4 Å².